The zero-order valence-electron chi connectivity index (χ0n) is 11.1. The van der Waals surface area contributed by atoms with Crippen LogP contribution in [-0.4, -0.2) is 30.1 Å². The first-order valence-corrected chi connectivity index (χ1v) is 7.14. The smallest absolute Gasteiger partial charge is 0.317 e. The fourth-order valence-electron chi connectivity index (χ4n) is 2.77. The summed E-state index contributed by atoms with van der Waals surface area (Å²) in [6, 6.07) is 8.63. The van der Waals surface area contributed by atoms with E-state index in [0.29, 0.717) is 12.0 Å². The maximum Gasteiger partial charge on any atom is 0.317 e. The molecule has 4 nitrogen and oxygen atoms in total. The van der Waals surface area contributed by atoms with Crippen molar-refractivity contribution in [3.8, 4) is 0 Å². The molecule has 1 heterocycles. The standard InChI is InChI=1S/C15H21N3O/c16-14-4-2-1-3-13(14)11-7-9-18(10-8-11)15(19)17-12-5-6-12/h1-4,11-12H,5-10,16H2,(H,17,19). The second-order valence-corrected chi connectivity index (χ2v) is 5.61. The number of nitrogens with two attached hydrogens (primary N) is 1. The van der Waals surface area contributed by atoms with Gasteiger partial charge in [-0.3, -0.25) is 0 Å². The lowest BCUT2D eigenvalue weighted by Gasteiger charge is -2.32. The second-order valence-electron chi connectivity index (χ2n) is 5.61. The summed E-state index contributed by atoms with van der Waals surface area (Å²) in [4.78, 5) is 13.9. The molecule has 0 atom stereocenters. The molecule has 3 N–H and O–H groups in total. The highest BCUT2D eigenvalue weighted by Crippen LogP contribution is 2.31. The minimum absolute atomic E-state index is 0.113. The molecule has 0 spiro atoms. The van der Waals surface area contributed by atoms with Crippen molar-refractivity contribution in [2.45, 2.75) is 37.6 Å². The predicted octanol–water partition coefficient (Wildman–Crippen LogP) is 2.32. The van der Waals surface area contributed by atoms with Crippen LogP contribution in [0.4, 0.5) is 10.5 Å². The number of nitrogen functional groups attached to an aromatic ring is 1. The van der Waals surface area contributed by atoms with Gasteiger partial charge in [0.25, 0.3) is 0 Å². The number of benzene rings is 1. The highest BCUT2D eigenvalue weighted by atomic mass is 16.2. The molecule has 0 aromatic heterocycles. The molecule has 1 aliphatic carbocycles. The summed E-state index contributed by atoms with van der Waals surface area (Å²) in [6.07, 6.45) is 4.30. The minimum atomic E-state index is 0.113. The van der Waals surface area contributed by atoms with Crippen LogP contribution in [0.5, 0.6) is 0 Å². The van der Waals surface area contributed by atoms with Gasteiger partial charge in [-0.15, -0.1) is 0 Å². The Balaban J connectivity index is 1.57. The van der Waals surface area contributed by atoms with Crippen LogP contribution in [0.2, 0.25) is 0 Å². The Kier molecular flexibility index (Phi) is 3.32. The van der Waals surface area contributed by atoms with Gasteiger partial charge in [-0.25, -0.2) is 4.79 Å². The van der Waals surface area contributed by atoms with Crippen LogP contribution < -0.4 is 11.1 Å². The van der Waals surface area contributed by atoms with E-state index in [2.05, 4.69) is 11.4 Å². The zero-order chi connectivity index (χ0) is 13.2. The van der Waals surface area contributed by atoms with E-state index in [9.17, 15) is 4.79 Å². The number of urea groups is 1. The maximum absolute atomic E-state index is 11.9. The quantitative estimate of drug-likeness (QED) is 0.801. The number of nitrogens with zero attached hydrogens (tertiary/aromatic N) is 1. The number of carbonyl (C=O) groups excluding carboxylic acids is 1. The molecule has 1 aliphatic heterocycles. The molecule has 102 valence electrons. The normalized spacial score (nSPS) is 20.3. The molecule has 1 aromatic carbocycles. The van der Waals surface area contributed by atoms with Crippen LogP contribution in [0, 0.1) is 0 Å². The highest BCUT2D eigenvalue weighted by Gasteiger charge is 2.29. The molecular formula is C15H21N3O. The predicted molar refractivity (Wildman–Crippen MR) is 76.0 cm³/mol. The number of piperidine rings is 1. The zero-order valence-corrected chi connectivity index (χ0v) is 11.1. The lowest BCUT2D eigenvalue weighted by atomic mass is 9.88. The summed E-state index contributed by atoms with van der Waals surface area (Å²) in [6.45, 7) is 1.66. The summed E-state index contributed by atoms with van der Waals surface area (Å²) in [5, 5.41) is 3.05. The Hall–Kier alpha value is -1.71. The van der Waals surface area contributed by atoms with E-state index in [1.807, 2.05) is 23.1 Å². The van der Waals surface area contributed by atoms with Crippen LogP contribution in [0.3, 0.4) is 0 Å². The number of para-hydroxylation sites is 1. The Labute approximate surface area is 114 Å². The van der Waals surface area contributed by atoms with Crippen LogP contribution in [0.25, 0.3) is 0 Å². The van der Waals surface area contributed by atoms with Gasteiger partial charge in [0.1, 0.15) is 0 Å². The van der Waals surface area contributed by atoms with E-state index < -0.39 is 0 Å². The molecule has 2 aliphatic rings. The number of carbonyl (C=O) groups is 1. The Morgan fingerprint density at radius 3 is 2.47 bits per heavy atom. The number of hydrogen-bond acceptors (Lipinski definition) is 2. The fourth-order valence-corrected chi connectivity index (χ4v) is 2.77. The SMILES string of the molecule is Nc1ccccc1C1CCN(C(=O)NC2CC2)CC1. The van der Waals surface area contributed by atoms with Gasteiger partial charge < -0.3 is 16.0 Å². The van der Waals surface area contributed by atoms with Gasteiger partial charge in [-0.05, 0) is 43.2 Å². The largest absolute Gasteiger partial charge is 0.398 e. The molecule has 1 saturated heterocycles. The topological polar surface area (TPSA) is 58.4 Å². The van der Waals surface area contributed by atoms with E-state index >= 15 is 0 Å². The minimum Gasteiger partial charge on any atom is -0.398 e. The molecule has 0 bridgehead atoms. The lowest BCUT2D eigenvalue weighted by Crippen LogP contribution is -2.44. The molecule has 3 rings (SSSR count). The number of nitrogens with one attached hydrogen (secondary N) is 1. The van der Waals surface area contributed by atoms with Gasteiger partial charge in [-0.1, -0.05) is 18.2 Å². The van der Waals surface area contributed by atoms with Crippen molar-refractivity contribution in [2.75, 3.05) is 18.8 Å². The van der Waals surface area contributed by atoms with Gasteiger partial charge in [0.2, 0.25) is 0 Å². The van der Waals surface area contributed by atoms with Crippen LogP contribution in [0.15, 0.2) is 24.3 Å². The molecular weight excluding hydrogens is 238 g/mol. The first-order valence-electron chi connectivity index (χ1n) is 7.14. The number of hydrogen-bond donors (Lipinski definition) is 2. The number of likely N-dealkylation sites (tertiary alicyclic amines) is 1. The molecule has 2 amide bonds. The molecule has 2 fully saturated rings. The number of anilines is 1. The third kappa shape index (κ3) is 2.83. The molecule has 0 unspecified atom stereocenters. The van der Waals surface area contributed by atoms with Gasteiger partial charge in [-0.2, -0.15) is 0 Å². The first-order chi connectivity index (χ1) is 9.24. The van der Waals surface area contributed by atoms with E-state index in [-0.39, 0.29) is 6.03 Å². The van der Waals surface area contributed by atoms with Crippen LogP contribution in [-0.2, 0) is 0 Å². The maximum atomic E-state index is 11.9. The Bertz CT molecular complexity index is 462. The van der Waals surface area contributed by atoms with E-state index in [0.717, 1.165) is 44.5 Å². The van der Waals surface area contributed by atoms with Crippen LogP contribution >= 0.6 is 0 Å². The van der Waals surface area contributed by atoms with Gasteiger partial charge in [0, 0.05) is 24.8 Å². The summed E-state index contributed by atoms with van der Waals surface area (Å²) in [5.41, 5.74) is 8.15. The summed E-state index contributed by atoms with van der Waals surface area (Å²) in [5.74, 6) is 0.492. The van der Waals surface area contributed by atoms with Crippen molar-refractivity contribution in [1.29, 1.82) is 0 Å². The Morgan fingerprint density at radius 2 is 1.84 bits per heavy atom. The van der Waals surface area contributed by atoms with Crippen molar-refractivity contribution in [2.24, 2.45) is 0 Å². The number of amides is 2. The molecule has 1 saturated carbocycles. The average Bonchev–Trinajstić information content (AvgIpc) is 3.23. The fraction of sp³-hybridized carbons (Fsp3) is 0.533. The molecule has 4 heteroatoms. The summed E-state index contributed by atoms with van der Waals surface area (Å²) < 4.78 is 0. The molecule has 19 heavy (non-hydrogen) atoms. The van der Waals surface area contributed by atoms with E-state index in [1.165, 1.54) is 5.56 Å². The Morgan fingerprint density at radius 1 is 1.16 bits per heavy atom. The van der Waals surface area contributed by atoms with Crippen molar-refractivity contribution in [1.82, 2.24) is 10.2 Å². The average molecular weight is 259 g/mol. The first kappa shape index (κ1) is 12.3. The second kappa shape index (κ2) is 5.11. The van der Waals surface area contributed by atoms with E-state index in [4.69, 9.17) is 5.73 Å². The van der Waals surface area contributed by atoms with Crippen molar-refractivity contribution in [3.63, 3.8) is 0 Å². The summed E-state index contributed by atoms with van der Waals surface area (Å²) >= 11 is 0. The van der Waals surface area contributed by atoms with E-state index in [1.54, 1.807) is 0 Å². The van der Waals surface area contributed by atoms with Crippen molar-refractivity contribution < 1.29 is 4.79 Å². The van der Waals surface area contributed by atoms with Gasteiger partial charge in [0.05, 0.1) is 0 Å². The third-order valence-corrected chi connectivity index (χ3v) is 4.12. The monoisotopic (exact) mass is 259 g/mol. The highest BCUT2D eigenvalue weighted by molar-refractivity contribution is 5.75. The number of rotatable bonds is 2. The van der Waals surface area contributed by atoms with Crippen molar-refractivity contribution >= 4 is 11.7 Å². The molecule has 0 radical (unpaired) electrons. The van der Waals surface area contributed by atoms with Gasteiger partial charge >= 0.3 is 6.03 Å². The van der Waals surface area contributed by atoms with Crippen LogP contribution in [0.1, 0.15) is 37.2 Å². The van der Waals surface area contributed by atoms with Gasteiger partial charge in [0.15, 0.2) is 0 Å². The van der Waals surface area contributed by atoms with Crippen molar-refractivity contribution in [3.05, 3.63) is 29.8 Å². The molecule has 1 aromatic rings. The summed E-state index contributed by atoms with van der Waals surface area (Å²) in [7, 11) is 0. The third-order valence-electron chi connectivity index (χ3n) is 4.12. The lowest BCUT2D eigenvalue weighted by molar-refractivity contribution is 0.181.